The molecule has 1 aromatic carbocycles. The summed E-state index contributed by atoms with van der Waals surface area (Å²) in [7, 11) is 3.15. The van der Waals surface area contributed by atoms with Gasteiger partial charge < -0.3 is 9.64 Å². The van der Waals surface area contributed by atoms with Gasteiger partial charge in [0.05, 0.1) is 30.8 Å². The van der Waals surface area contributed by atoms with Crippen LogP contribution in [0.2, 0.25) is 5.02 Å². The fourth-order valence-electron chi connectivity index (χ4n) is 3.78. The quantitative estimate of drug-likeness (QED) is 0.644. The summed E-state index contributed by atoms with van der Waals surface area (Å²) in [6.45, 7) is 2.53. The number of aromatic nitrogens is 2. The van der Waals surface area contributed by atoms with Crippen molar-refractivity contribution in [1.29, 1.82) is 0 Å². The molecule has 1 aliphatic heterocycles. The normalized spacial score (nSPS) is 18.9. The van der Waals surface area contributed by atoms with E-state index in [4.69, 9.17) is 16.3 Å². The summed E-state index contributed by atoms with van der Waals surface area (Å²) >= 11 is 6.41. The van der Waals surface area contributed by atoms with Gasteiger partial charge in [0.25, 0.3) is 0 Å². The predicted molar refractivity (Wildman–Crippen MR) is 111 cm³/mol. The highest BCUT2D eigenvalue weighted by molar-refractivity contribution is 6.32. The molecule has 1 aliphatic rings. The van der Waals surface area contributed by atoms with Crippen LogP contribution in [0.1, 0.15) is 29.8 Å². The SMILES string of the molecule is COCCN1C(=O)C[C@@](CC(=O)N(C)Cc2cc(C)[nH]n2)(c2ccccc2Cl)C1=O. The lowest BCUT2D eigenvalue weighted by molar-refractivity contribution is -0.143. The number of hydrogen-bond donors (Lipinski definition) is 1. The van der Waals surface area contributed by atoms with E-state index < -0.39 is 11.3 Å². The summed E-state index contributed by atoms with van der Waals surface area (Å²) in [6, 6.07) is 8.72. The van der Waals surface area contributed by atoms with Crippen LogP contribution in [0.3, 0.4) is 0 Å². The fourth-order valence-corrected chi connectivity index (χ4v) is 4.10. The molecule has 0 radical (unpaired) electrons. The van der Waals surface area contributed by atoms with Crippen LogP contribution in [-0.4, -0.2) is 65.0 Å². The molecule has 30 heavy (non-hydrogen) atoms. The molecule has 0 bridgehead atoms. The smallest absolute Gasteiger partial charge is 0.241 e. The number of amides is 3. The minimum Gasteiger partial charge on any atom is -0.383 e. The van der Waals surface area contributed by atoms with Crippen molar-refractivity contribution in [2.75, 3.05) is 27.3 Å². The van der Waals surface area contributed by atoms with Crippen molar-refractivity contribution in [3.05, 3.63) is 52.3 Å². The van der Waals surface area contributed by atoms with E-state index >= 15 is 0 Å². The zero-order valence-electron chi connectivity index (χ0n) is 17.3. The number of rotatable bonds is 8. The highest BCUT2D eigenvalue weighted by Gasteiger charge is 2.54. The van der Waals surface area contributed by atoms with Gasteiger partial charge in [-0.1, -0.05) is 29.8 Å². The van der Waals surface area contributed by atoms with Gasteiger partial charge in [-0.25, -0.2) is 0 Å². The third-order valence-corrected chi connectivity index (χ3v) is 5.68. The van der Waals surface area contributed by atoms with Gasteiger partial charge in [0.15, 0.2) is 0 Å². The maximum Gasteiger partial charge on any atom is 0.241 e. The van der Waals surface area contributed by atoms with Crippen molar-refractivity contribution in [3.8, 4) is 0 Å². The number of aromatic amines is 1. The van der Waals surface area contributed by atoms with E-state index in [0.717, 1.165) is 10.6 Å². The molecule has 1 N–H and O–H groups in total. The first-order chi connectivity index (χ1) is 14.3. The number of nitrogens with one attached hydrogen (secondary N) is 1. The summed E-state index contributed by atoms with van der Waals surface area (Å²) in [6.07, 6.45) is -0.273. The van der Waals surface area contributed by atoms with Crippen molar-refractivity contribution < 1.29 is 19.1 Å². The Morgan fingerprint density at radius 1 is 1.37 bits per heavy atom. The lowest BCUT2D eigenvalue weighted by Gasteiger charge is -2.29. The van der Waals surface area contributed by atoms with Crippen molar-refractivity contribution in [1.82, 2.24) is 20.0 Å². The topological polar surface area (TPSA) is 95.6 Å². The van der Waals surface area contributed by atoms with Gasteiger partial charge in [-0.05, 0) is 24.6 Å². The van der Waals surface area contributed by atoms with Crippen molar-refractivity contribution in [3.63, 3.8) is 0 Å². The first-order valence-electron chi connectivity index (χ1n) is 9.62. The number of likely N-dealkylation sites (tertiary alicyclic amines) is 1. The number of aryl methyl sites for hydroxylation is 1. The molecule has 1 atom stereocenters. The lowest BCUT2D eigenvalue weighted by Crippen LogP contribution is -2.43. The molecule has 3 rings (SSSR count). The molecule has 160 valence electrons. The van der Waals surface area contributed by atoms with E-state index in [1.807, 2.05) is 13.0 Å². The Hall–Kier alpha value is -2.71. The maximum absolute atomic E-state index is 13.4. The first kappa shape index (κ1) is 22.0. The summed E-state index contributed by atoms with van der Waals surface area (Å²) in [5.41, 5.74) is 0.757. The Morgan fingerprint density at radius 2 is 2.10 bits per heavy atom. The van der Waals surface area contributed by atoms with E-state index in [9.17, 15) is 14.4 Å². The second-order valence-corrected chi connectivity index (χ2v) is 7.96. The minimum atomic E-state index is -1.34. The van der Waals surface area contributed by atoms with Gasteiger partial charge in [0.2, 0.25) is 17.7 Å². The molecule has 2 heterocycles. The molecule has 8 nitrogen and oxygen atoms in total. The number of carbonyl (C=O) groups excluding carboxylic acids is 3. The number of ether oxygens (including phenoxy) is 1. The molecule has 0 spiro atoms. The van der Waals surface area contributed by atoms with Crippen molar-refractivity contribution in [2.45, 2.75) is 31.7 Å². The van der Waals surface area contributed by atoms with Gasteiger partial charge in [-0.15, -0.1) is 0 Å². The van der Waals surface area contributed by atoms with Gasteiger partial charge >= 0.3 is 0 Å². The number of benzene rings is 1. The van der Waals surface area contributed by atoms with Crippen LogP contribution < -0.4 is 0 Å². The molecule has 0 aliphatic carbocycles. The van der Waals surface area contributed by atoms with E-state index in [0.29, 0.717) is 16.3 Å². The Labute approximate surface area is 180 Å². The minimum absolute atomic E-state index is 0.111. The number of carbonyl (C=O) groups is 3. The molecular weight excluding hydrogens is 408 g/mol. The number of hydrogen-bond acceptors (Lipinski definition) is 5. The molecule has 1 saturated heterocycles. The standard InChI is InChI=1S/C21H25ClN4O4/c1-14-10-15(24-23-14)13-25(2)18(27)11-21(16-6-4-5-7-17(16)22)12-19(28)26(20(21)29)8-9-30-3/h4-7,10H,8-9,11-13H2,1-3H3,(H,23,24)/t21-/m0/s1. The number of methoxy groups -OCH3 is 1. The maximum atomic E-state index is 13.4. The van der Waals surface area contributed by atoms with E-state index in [-0.39, 0.29) is 44.4 Å². The van der Waals surface area contributed by atoms with Crippen LogP contribution in [0.5, 0.6) is 0 Å². The molecule has 0 unspecified atom stereocenters. The molecule has 3 amide bonds. The van der Waals surface area contributed by atoms with E-state index in [1.54, 1.807) is 31.3 Å². The second-order valence-electron chi connectivity index (χ2n) is 7.55. The summed E-state index contributed by atoms with van der Waals surface area (Å²) in [5.74, 6) is -1.03. The van der Waals surface area contributed by atoms with Crippen LogP contribution in [0.15, 0.2) is 30.3 Å². The van der Waals surface area contributed by atoms with E-state index in [1.165, 1.54) is 12.0 Å². The molecule has 0 saturated carbocycles. The molecule has 1 fully saturated rings. The van der Waals surface area contributed by atoms with Crippen LogP contribution in [-0.2, 0) is 31.1 Å². The Morgan fingerprint density at radius 3 is 2.73 bits per heavy atom. The number of halogens is 1. The Kier molecular flexibility index (Phi) is 6.58. The van der Waals surface area contributed by atoms with E-state index in [2.05, 4.69) is 10.2 Å². The predicted octanol–water partition coefficient (Wildman–Crippen LogP) is 2.06. The first-order valence-corrected chi connectivity index (χ1v) is 10.00. The summed E-state index contributed by atoms with van der Waals surface area (Å²) < 4.78 is 5.03. The fraction of sp³-hybridized carbons (Fsp3) is 0.429. The zero-order valence-corrected chi connectivity index (χ0v) is 18.0. The molecule has 9 heteroatoms. The molecule has 1 aromatic heterocycles. The van der Waals surface area contributed by atoms with Crippen molar-refractivity contribution >= 4 is 29.3 Å². The van der Waals surface area contributed by atoms with Gasteiger partial charge in [-0.3, -0.25) is 24.4 Å². The Balaban J connectivity index is 1.91. The van der Waals surface area contributed by atoms with Crippen LogP contribution in [0, 0.1) is 6.92 Å². The molecule has 2 aromatic rings. The number of H-pyrrole nitrogens is 1. The highest BCUT2D eigenvalue weighted by Crippen LogP contribution is 2.43. The van der Waals surface area contributed by atoms with Gasteiger partial charge in [0.1, 0.15) is 0 Å². The molecular formula is C21H25ClN4O4. The third kappa shape index (κ3) is 4.24. The Bertz CT molecular complexity index is 960. The number of imide groups is 1. The largest absolute Gasteiger partial charge is 0.383 e. The highest BCUT2D eigenvalue weighted by atomic mass is 35.5. The second kappa shape index (κ2) is 8.97. The average molecular weight is 433 g/mol. The number of nitrogens with zero attached hydrogens (tertiary/aromatic N) is 3. The van der Waals surface area contributed by atoms with Gasteiger partial charge in [-0.2, -0.15) is 5.10 Å². The summed E-state index contributed by atoms with van der Waals surface area (Å²) in [5, 5.41) is 7.34. The third-order valence-electron chi connectivity index (χ3n) is 5.35. The zero-order chi connectivity index (χ0) is 21.9. The summed E-state index contributed by atoms with van der Waals surface area (Å²) in [4.78, 5) is 41.9. The van der Waals surface area contributed by atoms with Crippen LogP contribution in [0.25, 0.3) is 0 Å². The van der Waals surface area contributed by atoms with Gasteiger partial charge in [0, 0.05) is 37.7 Å². The van der Waals surface area contributed by atoms with Crippen LogP contribution >= 0.6 is 11.6 Å². The monoisotopic (exact) mass is 432 g/mol. The van der Waals surface area contributed by atoms with Crippen LogP contribution in [0.4, 0.5) is 0 Å². The lowest BCUT2D eigenvalue weighted by atomic mass is 9.75. The van der Waals surface area contributed by atoms with Crippen molar-refractivity contribution in [2.24, 2.45) is 0 Å². The average Bonchev–Trinajstić information content (AvgIpc) is 3.21.